The van der Waals surface area contributed by atoms with Crippen LogP contribution < -0.4 is 0 Å². The second-order valence-corrected chi connectivity index (χ2v) is 2.36. The fraction of sp³-hybridized carbons (Fsp3) is 1.00. The van der Waals surface area contributed by atoms with Crippen molar-refractivity contribution in [2.24, 2.45) is 0 Å². The smallest absolute Gasteiger partial charge is 0.0830 e. The first kappa shape index (κ1) is 7.03. The van der Waals surface area contributed by atoms with Crippen LogP contribution in [0.25, 0.3) is 0 Å². The molecule has 1 aliphatic rings. The van der Waals surface area contributed by atoms with E-state index in [0.717, 1.165) is 32.7 Å². The van der Waals surface area contributed by atoms with Crippen molar-refractivity contribution in [2.75, 3.05) is 19.8 Å². The Hall–Kier alpha value is -0.0800. The molecule has 0 bridgehead atoms. The summed E-state index contributed by atoms with van der Waals surface area (Å²) in [4.78, 5) is 0. The SMILES string of the molecule is CCCOC1CCOC1. The zero-order chi connectivity index (χ0) is 6.53. The Balaban J connectivity index is 1.98. The Morgan fingerprint density at radius 1 is 1.67 bits per heavy atom. The highest BCUT2D eigenvalue weighted by Gasteiger charge is 2.14. The molecule has 0 saturated carbocycles. The Morgan fingerprint density at radius 3 is 3.11 bits per heavy atom. The van der Waals surface area contributed by atoms with Gasteiger partial charge < -0.3 is 9.47 Å². The summed E-state index contributed by atoms with van der Waals surface area (Å²) in [6.07, 6.45) is 2.58. The van der Waals surface area contributed by atoms with E-state index in [1.165, 1.54) is 0 Å². The van der Waals surface area contributed by atoms with Gasteiger partial charge in [0.25, 0.3) is 0 Å². The minimum atomic E-state index is 0.393. The van der Waals surface area contributed by atoms with Gasteiger partial charge in [0.2, 0.25) is 0 Å². The van der Waals surface area contributed by atoms with Crippen molar-refractivity contribution >= 4 is 0 Å². The number of hydrogen-bond donors (Lipinski definition) is 0. The summed E-state index contributed by atoms with van der Waals surface area (Å²) in [5.74, 6) is 0. The third-order valence-electron chi connectivity index (χ3n) is 1.45. The van der Waals surface area contributed by atoms with Gasteiger partial charge in [-0.05, 0) is 12.8 Å². The predicted molar refractivity (Wildman–Crippen MR) is 35.5 cm³/mol. The quantitative estimate of drug-likeness (QED) is 0.571. The number of rotatable bonds is 3. The molecule has 0 aromatic carbocycles. The van der Waals surface area contributed by atoms with Gasteiger partial charge in [0.1, 0.15) is 0 Å². The summed E-state index contributed by atoms with van der Waals surface area (Å²) < 4.78 is 10.6. The lowest BCUT2D eigenvalue weighted by atomic mass is 10.3. The second-order valence-electron chi connectivity index (χ2n) is 2.36. The summed E-state index contributed by atoms with van der Waals surface area (Å²) in [7, 11) is 0. The van der Waals surface area contributed by atoms with E-state index in [4.69, 9.17) is 9.47 Å². The number of ether oxygens (including phenoxy) is 2. The average Bonchev–Trinajstić information content (AvgIpc) is 2.34. The normalized spacial score (nSPS) is 27.0. The van der Waals surface area contributed by atoms with Crippen LogP contribution >= 0.6 is 0 Å². The van der Waals surface area contributed by atoms with Crippen molar-refractivity contribution in [3.63, 3.8) is 0 Å². The molecule has 1 unspecified atom stereocenters. The lowest BCUT2D eigenvalue weighted by Crippen LogP contribution is -2.12. The van der Waals surface area contributed by atoms with Crippen LogP contribution in [0.2, 0.25) is 0 Å². The molecule has 1 saturated heterocycles. The predicted octanol–water partition coefficient (Wildman–Crippen LogP) is 1.20. The van der Waals surface area contributed by atoms with Crippen molar-refractivity contribution in [1.29, 1.82) is 0 Å². The molecule has 54 valence electrons. The first-order valence-corrected chi connectivity index (χ1v) is 3.63. The van der Waals surface area contributed by atoms with Gasteiger partial charge in [0.15, 0.2) is 0 Å². The topological polar surface area (TPSA) is 18.5 Å². The molecule has 2 heteroatoms. The monoisotopic (exact) mass is 130 g/mol. The molecule has 9 heavy (non-hydrogen) atoms. The Morgan fingerprint density at radius 2 is 2.56 bits per heavy atom. The van der Waals surface area contributed by atoms with Crippen molar-refractivity contribution in [3.8, 4) is 0 Å². The molecule has 0 aliphatic carbocycles. The van der Waals surface area contributed by atoms with Crippen LogP contribution in [-0.2, 0) is 9.47 Å². The van der Waals surface area contributed by atoms with Crippen LogP contribution in [0.1, 0.15) is 19.8 Å². The summed E-state index contributed by atoms with van der Waals surface area (Å²) in [5.41, 5.74) is 0. The first-order valence-electron chi connectivity index (χ1n) is 3.63. The molecule has 0 aromatic rings. The molecule has 1 heterocycles. The molecular formula is C7H14O2. The Kier molecular flexibility index (Phi) is 3.01. The summed E-state index contributed by atoms with van der Waals surface area (Å²) in [6.45, 7) is 4.69. The maximum absolute atomic E-state index is 5.43. The molecule has 0 spiro atoms. The highest BCUT2D eigenvalue weighted by atomic mass is 16.5. The summed E-state index contributed by atoms with van der Waals surface area (Å²) in [6, 6.07) is 0. The van der Waals surface area contributed by atoms with E-state index in [9.17, 15) is 0 Å². The molecule has 2 nitrogen and oxygen atoms in total. The van der Waals surface area contributed by atoms with Gasteiger partial charge in [-0.2, -0.15) is 0 Å². The fourth-order valence-corrected chi connectivity index (χ4v) is 0.929. The zero-order valence-corrected chi connectivity index (χ0v) is 5.93. The minimum Gasteiger partial charge on any atom is -0.379 e. The van der Waals surface area contributed by atoms with E-state index < -0.39 is 0 Å². The molecule has 1 rings (SSSR count). The largest absolute Gasteiger partial charge is 0.379 e. The molecule has 0 aromatic heterocycles. The summed E-state index contributed by atoms with van der Waals surface area (Å²) >= 11 is 0. The molecule has 0 N–H and O–H groups in total. The van der Waals surface area contributed by atoms with E-state index in [1.54, 1.807) is 0 Å². The van der Waals surface area contributed by atoms with Crippen molar-refractivity contribution in [2.45, 2.75) is 25.9 Å². The van der Waals surface area contributed by atoms with Crippen LogP contribution in [0.4, 0.5) is 0 Å². The average molecular weight is 130 g/mol. The third-order valence-corrected chi connectivity index (χ3v) is 1.45. The standard InChI is InChI=1S/C7H14O2/c1-2-4-9-7-3-5-8-6-7/h7H,2-6H2,1H3. The first-order chi connectivity index (χ1) is 4.43. The van der Waals surface area contributed by atoms with E-state index in [0.29, 0.717) is 6.10 Å². The minimum absolute atomic E-state index is 0.393. The van der Waals surface area contributed by atoms with E-state index in [-0.39, 0.29) is 0 Å². The van der Waals surface area contributed by atoms with Crippen LogP contribution in [-0.4, -0.2) is 25.9 Å². The van der Waals surface area contributed by atoms with Crippen LogP contribution in [0.3, 0.4) is 0 Å². The highest BCUT2D eigenvalue weighted by molar-refractivity contribution is 4.62. The zero-order valence-electron chi connectivity index (χ0n) is 5.93. The van der Waals surface area contributed by atoms with Gasteiger partial charge in [-0.15, -0.1) is 0 Å². The van der Waals surface area contributed by atoms with Gasteiger partial charge in [-0.3, -0.25) is 0 Å². The van der Waals surface area contributed by atoms with Crippen LogP contribution in [0.5, 0.6) is 0 Å². The van der Waals surface area contributed by atoms with Crippen LogP contribution in [0, 0.1) is 0 Å². The van der Waals surface area contributed by atoms with E-state index in [1.807, 2.05) is 0 Å². The Labute approximate surface area is 56.2 Å². The maximum Gasteiger partial charge on any atom is 0.0830 e. The Bertz CT molecular complexity index is 67.3. The molecular weight excluding hydrogens is 116 g/mol. The molecule has 0 amide bonds. The van der Waals surface area contributed by atoms with Gasteiger partial charge in [-0.1, -0.05) is 6.92 Å². The van der Waals surface area contributed by atoms with Crippen molar-refractivity contribution < 1.29 is 9.47 Å². The van der Waals surface area contributed by atoms with Crippen molar-refractivity contribution in [3.05, 3.63) is 0 Å². The maximum atomic E-state index is 5.43. The van der Waals surface area contributed by atoms with Crippen molar-refractivity contribution in [1.82, 2.24) is 0 Å². The lowest BCUT2D eigenvalue weighted by molar-refractivity contribution is 0.0432. The third kappa shape index (κ3) is 2.33. The molecule has 0 radical (unpaired) electrons. The van der Waals surface area contributed by atoms with Gasteiger partial charge in [-0.25, -0.2) is 0 Å². The second kappa shape index (κ2) is 3.85. The van der Waals surface area contributed by atoms with Gasteiger partial charge in [0, 0.05) is 13.2 Å². The van der Waals surface area contributed by atoms with E-state index >= 15 is 0 Å². The highest BCUT2D eigenvalue weighted by Crippen LogP contribution is 2.07. The molecule has 1 atom stereocenters. The number of hydrogen-bond acceptors (Lipinski definition) is 2. The lowest BCUT2D eigenvalue weighted by Gasteiger charge is -2.06. The van der Waals surface area contributed by atoms with Crippen LogP contribution in [0.15, 0.2) is 0 Å². The van der Waals surface area contributed by atoms with Gasteiger partial charge in [0.05, 0.1) is 12.7 Å². The van der Waals surface area contributed by atoms with E-state index in [2.05, 4.69) is 6.92 Å². The molecule has 1 fully saturated rings. The fourth-order valence-electron chi connectivity index (χ4n) is 0.929. The molecule has 1 aliphatic heterocycles. The summed E-state index contributed by atoms with van der Waals surface area (Å²) in [5, 5.41) is 0. The van der Waals surface area contributed by atoms with Gasteiger partial charge >= 0.3 is 0 Å².